The van der Waals surface area contributed by atoms with Crippen molar-refractivity contribution >= 4 is 39.6 Å². The molecular weight excluding hydrogens is 356 g/mol. The molecule has 2 atom stereocenters. The van der Waals surface area contributed by atoms with Crippen LogP contribution in [0.2, 0.25) is 0 Å². The van der Waals surface area contributed by atoms with E-state index in [1.165, 1.54) is 11.8 Å². The Balaban J connectivity index is 2.63. The Bertz CT molecular complexity index is 626. The number of allylic oxidation sites excluding steroid dienone is 2. The van der Waals surface area contributed by atoms with E-state index in [2.05, 4.69) is 15.9 Å². The molecule has 2 N–H and O–H groups in total. The van der Waals surface area contributed by atoms with Gasteiger partial charge in [0.25, 0.3) is 0 Å². The van der Waals surface area contributed by atoms with Crippen LogP contribution in [-0.2, 0) is 9.59 Å². The van der Waals surface area contributed by atoms with Crippen LogP contribution in [-0.4, -0.2) is 26.9 Å². The minimum absolute atomic E-state index is 0.543. The molecule has 21 heavy (non-hydrogen) atoms. The Labute approximate surface area is 136 Å². The second-order valence-corrected chi connectivity index (χ2v) is 8.84. The quantitative estimate of drug-likeness (QED) is 0.770. The summed E-state index contributed by atoms with van der Waals surface area (Å²) in [5.41, 5.74) is -0.958. The number of halogens is 1. The van der Waals surface area contributed by atoms with Crippen LogP contribution in [0.4, 0.5) is 0 Å². The van der Waals surface area contributed by atoms with Crippen molar-refractivity contribution in [3.63, 3.8) is 0 Å². The lowest BCUT2D eigenvalue weighted by Crippen LogP contribution is -2.41. The van der Waals surface area contributed by atoms with Crippen LogP contribution in [0, 0.1) is 10.8 Å². The van der Waals surface area contributed by atoms with E-state index in [-0.39, 0.29) is 0 Å². The summed E-state index contributed by atoms with van der Waals surface area (Å²) in [6, 6.07) is 0. The monoisotopic (exact) mass is 372 g/mol. The zero-order valence-electron chi connectivity index (χ0n) is 12.2. The summed E-state index contributed by atoms with van der Waals surface area (Å²) in [4.78, 5) is 24.0. The summed E-state index contributed by atoms with van der Waals surface area (Å²) < 4.78 is -0.435. The number of hydrogen-bond donors (Lipinski definition) is 2. The van der Waals surface area contributed by atoms with Crippen molar-refractivity contribution in [1.29, 1.82) is 0 Å². The molecule has 0 fully saturated rings. The Morgan fingerprint density at radius 2 is 1.71 bits per heavy atom. The topological polar surface area (TPSA) is 74.6 Å². The maximum atomic E-state index is 11.9. The highest BCUT2D eigenvalue weighted by Crippen LogP contribution is 2.56. The molecular formula is C15H17BrO4S. The summed E-state index contributed by atoms with van der Waals surface area (Å²) >= 11 is 4.59. The van der Waals surface area contributed by atoms with Gasteiger partial charge in [-0.3, -0.25) is 9.59 Å². The van der Waals surface area contributed by atoms with E-state index in [0.717, 1.165) is 5.57 Å². The molecule has 0 saturated heterocycles. The standard InChI is InChI=1S/C15H17BrO4S/c1-13(2,3)15(12(19)20)6-9(16)8-5-14(4,11(17)18)21-10(8)7-15/h5-7H,1-4H3,(H,17,18)(H,19,20)/t14-,15-/m1/s1. The van der Waals surface area contributed by atoms with E-state index in [1.54, 1.807) is 25.2 Å². The van der Waals surface area contributed by atoms with Crippen molar-refractivity contribution < 1.29 is 19.8 Å². The minimum atomic E-state index is -1.17. The largest absolute Gasteiger partial charge is 0.480 e. The summed E-state index contributed by atoms with van der Waals surface area (Å²) in [5, 5.41) is 19.1. The van der Waals surface area contributed by atoms with Crippen LogP contribution in [0.5, 0.6) is 0 Å². The maximum absolute atomic E-state index is 11.9. The fraction of sp³-hybridized carbons (Fsp3) is 0.467. The fourth-order valence-corrected chi connectivity index (χ4v) is 4.53. The lowest BCUT2D eigenvalue weighted by molar-refractivity contribution is -0.148. The van der Waals surface area contributed by atoms with Gasteiger partial charge in [-0.2, -0.15) is 0 Å². The van der Waals surface area contributed by atoms with Gasteiger partial charge in [0.15, 0.2) is 0 Å². The smallest absolute Gasteiger partial charge is 0.323 e. The van der Waals surface area contributed by atoms with Crippen molar-refractivity contribution in [2.24, 2.45) is 10.8 Å². The molecule has 0 unspecified atom stereocenters. The van der Waals surface area contributed by atoms with Crippen LogP contribution >= 0.6 is 27.7 Å². The Hall–Kier alpha value is -1.01. The van der Waals surface area contributed by atoms with Crippen LogP contribution in [0.25, 0.3) is 0 Å². The first-order chi connectivity index (χ1) is 9.43. The molecule has 1 heterocycles. The average Bonchev–Trinajstić information content (AvgIpc) is 2.65. The third-order valence-electron chi connectivity index (χ3n) is 4.00. The molecule has 1 aliphatic carbocycles. The molecule has 0 amide bonds. The van der Waals surface area contributed by atoms with Crippen LogP contribution < -0.4 is 0 Å². The van der Waals surface area contributed by atoms with E-state index in [4.69, 9.17) is 0 Å². The normalized spacial score (nSPS) is 32.0. The third kappa shape index (κ3) is 2.38. The van der Waals surface area contributed by atoms with Crippen LogP contribution in [0.15, 0.2) is 33.2 Å². The van der Waals surface area contributed by atoms with Gasteiger partial charge in [-0.15, -0.1) is 11.8 Å². The van der Waals surface area contributed by atoms with E-state index in [9.17, 15) is 19.8 Å². The lowest BCUT2D eigenvalue weighted by atomic mass is 9.64. The molecule has 1 aliphatic heterocycles. The highest BCUT2D eigenvalue weighted by Gasteiger charge is 2.51. The van der Waals surface area contributed by atoms with E-state index >= 15 is 0 Å². The minimum Gasteiger partial charge on any atom is -0.480 e. The first-order valence-corrected chi connectivity index (χ1v) is 8.04. The van der Waals surface area contributed by atoms with Crippen molar-refractivity contribution in [3.8, 4) is 0 Å². The number of rotatable bonds is 2. The Kier molecular flexibility index (Phi) is 3.70. The SMILES string of the molecule is CC(C)(C)[C@]1(C(=O)O)C=C(Br)C2=C[C@](C)(C(=O)O)SC2=C1. The molecule has 0 aromatic heterocycles. The molecule has 114 valence electrons. The van der Waals surface area contributed by atoms with Crippen LogP contribution in [0.3, 0.4) is 0 Å². The van der Waals surface area contributed by atoms with Crippen LogP contribution in [0.1, 0.15) is 27.7 Å². The summed E-state index contributed by atoms with van der Waals surface area (Å²) in [5.74, 6) is -1.88. The summed E-state index contributed by atoms with van der Waals surface area (Å²) in [6.45, 7) is 7.20. The summed E-state index contributed by atoms with van der Waals surface area (Å²) in [6.07, 6.45) is 5.02. The first-order valence-electron chi connectivity index (χ1n) is 6.43. The zero-order valence-corrected chi connectivity index (χ0v) is 14.6. The summed E-state index contributed by atoms with van der Waals surface area (Å²) in [7, 11) is 0. The molecule has 2 rings (SSSR count). The number of aliphatic carboxylic acids is 2. The Morgan fingerprint density at radius 3 is 2.14 bits per heavy atom. The predicted molar refractivity (Wildman–Crippen MR) is 86.3 cm³/mol. The predicted octanol–water partition coefficient (Wildman–Crippen LogP) is 3.80. The van der Waals surface area contributed by atoms with Gasteiger partial charge in [-0.1, -0.05) is 36.7 Å². The molecule has 0 aromatic carbocycles. The van der Waals surface area contributed by atoms with Gasteiger partial charge >= 0.3 is 11.9 Å². The number of carboxylic acids is 2. The van der Waals surface area contributed by atoms with Gasteiger partial charge in [0.2, 0.25) is 0 Å². The van der Waals surface area contributed by atoms with Crippen molar-refractivity contribution in [1.82, 2.24) is 0 Å². The molecule has 0 saturated carbocycles. The molecule has 0 bridgehead atoms. The number of carboxylic acid groups (broad SMARTS) is 2. The molecule has 2 aliphatic rings. The van der Waals surface area contributed by atoms with E-state index in [0.29, 0.717) is 9.39 Å². The van der Waals surface area contributed by atoms with Gasteiger partial charge in [0, 0.05) is 9.39 Å². The van der Waals surface area contributed by atoms with Gasteiger partial charge < -0.3 is 10.2 Å². The third-order valence-corrected chi connectivity index (χ3v) is 5.93. The average molecular weight is 373 g/mol. The van der Waals surface area contributed by atoms with Crippen molar-refractivity contribution in [2.45, 2.75) is 32.4 Å². The number of fused-ring (bicyclic) bond motifs is 1. The second-order valence-electron chi connectivity index (χ2n) is 6.50. The van der Waals surface area contributed by atoms with E-state index in [1.807, 2.05) is 20.8 Å². The fourth-order valence-electron chi connectivity index (χ4n) is 2.46. The number of hydrogen-bond acceptors (Lipinski definition) is 3. The van der Waals surface area contributed by atoms with Gasteiger partial charge in [-0.25, -0.2) is 0 Å². The first kappa shape index (κ1) is 16.4. The van der Waals surface area contributed by atoms with Crippen molar-refractivity contribution in [2.75, 3.05) is 0 Å². The highest BCUT2D eigenvalue weighted by atomic mass is 79.9. The van der Waals surface area contributed by atoms with Gasteiger partial charge in [-0.05, 0) is 36.1 Å². The lowest BCUT2D eigenvalue weighted by Gasteiger charge is -2.39. The second kappa shape index (κ2) is 4.74. The number of carbonyl (C=O) groups is 2. The molecule has 0 spiro atoms. The molecule has 6 heteroatoms. The van der Waals surface area contributed by atoms with Gasteiger partial charge in [0.1, 0.15) is 10.2 Å². The molecule has 4 nitrogen and oxygen atoms in total. The molecule has 0 aromatic rings. The highest BCUT2D eigenvalue weighted by molar-refractivity contribution is 9.12. The van der Waals surface area contributed by atoms with Gasteiger partial charge in [0.05, 0.1) is 0 Å². The zero-order chi connectivity index (χ0) is 16.2. The van der Waals surface area contributed by atoms with Crippen molar-refractivity contribution in [3.05, 3.63) is 33.2 Å². The molecule has 0 radical (unpaired) electrons. The maximum Gasteiger partial charge on any atom is 0.323 e. The van der Waals surface area contributed by atoms with E-state index < -0.39 is 27.5 Å². The Morgan fingerprint density at radius 1 is 1.14 bits per heavy atom. The number of thioether (sulfide) groups is 1.